The Labute approximate surface area is 256 Å². The number of aromatic nitrogens is 2. The third kappa shape index (κ3) is 6.62. The van der Waals surface area contributed by atoms with Crippen molar-refractivity contribution >= 4 is 38.7 Å². The molecule has 0 N–H and O–H groups in total. The van der Waals surface area contributed by atoms with Gasteiger partial charge in [0.05, 0.1) is 34.2 Å². The maximum Gasteiger partial charge on any atom is 0.416 e. The quantitative estimate of drug-likeness (QED) is 0.0910. The predicted molar refractivity (Wildman–Crippen MR) is 162 cm³/mol. The summed E-state index contributed by atoms with van der Waals surface area (Å²) in [6.07, 6.45) is -3.46. The first kappa shape index (κ1) is 30.4. The van der Waals surface area contributed by atoms with Gasteiger partial charge in [-0.1, -0.05) is 52.3 Å². The van der Waals surface area contributed by atoms with Gasteiger partial charge in [-0.25, -0.2) is 4.98 Å². The van der Waals surface area contributed by atoms with Crippen molar-refractivity contribution in [1.82, 2.24) is 9.66 Å². The number of rotatable bonds is 9. The Morgan fingerprint density at radius 2 is 1.77 bits per heavy atom. The molecule has 0 fully saturated rings. The van der Waals surface area contributed by atoms with E-state index in [1.54, 1.807) is 37.3 Å². The monoisotopic (exact) mass is 666 g/mol. The van der Waals surface area contributed by atoms with Crippen molar-refractivity contribution in [2.45, 2.75) is 19.7 Å². The average molecular weight is 667 g/mol. The minimum Gasteiger partial charge on any atom is -0.490 e. The molecule has 0 unspecified atom stereocenters. The molecule has 0 saturated heterocycles. The van der Waals surface area contributed by atoms with E-state index in [9.17, 15) is 28.1 Å². The number of hydrogen-bond donors (Lipinski definition) is 0. The van der Waals surface area contributed by atoms with Crippen LogP contribution in [0.15, 0.2) is 99.3 Å². The van der Waals surface area contributed by atoms with Gasteiger partial charge in [-0.05, 0) is 55.0 Å². The number of halogens is 4. The molecule has 0 aliphatic rings. The lowest BCUT2D eigenvalue weighted by Gasteiger charge is -2.14. The topological polar surface area (TPSA) is 109 Å². The summed E-state index contributed by atoms with van der Waals surface area (Å²) in [6, 6.07) is 20.6. The van der Waals surface area contributed by atoms with E-state index in [4.69, 9.17) is 9.47 Å². The van der Waals surface area contributed by atoms with Gasteiger partial charge in [0, 0.05) is 21.7 Å². The molecule has 0 radical (unpaired) electrons. The number of nitro benzene ring substituents is 1. The van der Waals surface area contributed by atoms with Crippen molar-refractivity contribution in [3.63, 3.8) is 0 Å². The fourth-order valence-corrected chi connectivity index (χ4v) is 4.60. The minimum absolute atomic E-state index is 0.00231. The molecule has 9 nitrogen and oxygen atoms in total. The molecule has 0 bridgehead atoms. The molecule has 0 aliphatic heterocycles. The van der Waals surface area contributed by atoms with Crippen LogP contribution in [0.4, 0.5) is 18.9 Å². The van der Waals surface area contributed by atoms with E-state index in [1.165, 1.54) is 36.5 Å². The van der Waals surface area contributed by atoms with E-state index in [2.05, 4.69) is 26.0 Å². The first-order valence-electron chi connectivity index (χ1n) is 13.1. The van der Waals surface area contributed by atoms with Crippen molar-refractivity contribution in [1.29, 1.82) is 0 Å². The molecule has 0 atom stereocenters. The number of benzene rings is 4. The highest BCUT2D eigenvalue weighted by molar-refractivity contribution is 9.10. The highest BCUT2D eigenvalue weighted by Crippen LogP contribution is 2.39. The Hall–Kier alpha value is -5.04. The molecular weight excluding hydrogens is 645 g/mol. The predicted octanol–water partition coefficient (Wildman–Crippen LogP) is 7.61. The number of hydrogen-bond acceptors (Lipinski definition) is 7. The van der Waals surface area contributed by atoms with Crippen LogP contribution in [0, 0.1) is 10.1 Å². The molecule has 13 heteroatoms. The third-order valence-electron chi connectivity index (χ3n) is 6.37. The second-order valence-electron chi connectivity index (χ2n) is 9.37. The van der Waals surface area contributed by atoms with E-state index in [0.717, 1.165) is 26.8 Å². The number of fused-ring (bicyclic) bond motifs is 1. The van der Waals surface area contributed by atoms with E-state index in [-0.39, 0.29) is 52.6 Å². The molecule has 5 rings (SSSR count). The van der Waals surface area contributed by atoms with Crippen LogP contribution in [-0.4, -0.2) is 27.4 Å². The zero-order valence-corrected chi connectivity index (χ0v) is 24.5. The van der Waals surface area contributed by atoms with Gasteiger partial charge in [-0.15, -0.1) is 0 Å². The van der Waals surface area contributed by atoms with Gasteiger partial charge in [-0.3, -0.25) is 14.9 Å². The van der Waals surface area contributed by atoms with Crippen molar-refractivity contribution < 1.29 is 27.6 Å². The first-order valence-corrected chi connectivity index (χ1v) is 13.9. The van der Waals surface area contributed by atoms with Gasteiger partial charge in [0.2, 0.25) is 5.75 Å². The number of nitrogens with zero attached hydrogens (tertiary/aromatic N) is 4. The van der Waals surface area contributed by atoms with E-state index in [0.29, 0.717) is 0 Å². The molecule has 0 saturated carbocycles. The molecule has 5 aromatic rings. The van der Waals surface area contributed by atoms with Crippen LogP contribution in [0.3, 0.4) is 0 Å². The summed E-state index contributed by atoms with van der Waals surface area (Å²) < 4.78 is 53.7. The van der Waals surface area contributed by atoms with Crippen molar-refractivity contribution in [2.75, 3.05) is 6.61 Å². The van der Waals surface area contributed by atoms with Crippen LogP contribution >= 0.6 is 15.9 Å². The van der Waals surface area contributed by atoms with Gasteiger partial charge >= 0.3 is 11.9 Å². The molecule has 0 spiro atoms. The number of para-hydroxylation sites is 1. The third-order valence-corrected chi connectivity index (χ3v) is 6.90. The van der Waals surface area contributed by atoms with Crippen LogP contribution in [-0.2, 0) is 12.8 Å². The lowest BCUT2D eigenvalue weighted by Crippen LogP contribution is -2.20. The highest BCUT2D eigenvalue weighted by atomic mass is 79.9. The molecule has 1 heterocycles. The van der Waals surface area contributed by atoms with E-state index < -0.39 is 27.9 Å². The van der Waals surface area contributed by atoms with E-state index >= 15 is 0 Å². The number of ether oxygens (including phenoxy) is 2. The van der Waals surface area contributed by atoms with Crippen molar-refractivity contribution in [3.8, 4) is 22.9 Å². The maximum atomic E-state index is 13.5. The highest BCUT2D eigenvalue weighted by Gasteiger charge is 2.31. The van der Waals surface area contributed by atoms with Crippen molar-refractivity contribution in [3.05, 3.63) is 127 Å². The Balaban J connectivity index is 1.61. The SMILES string of the molecule is CCOc1cc(C=Nn2c(-c3cccc(C(F)(F)F)c3)nc3ccccc3c2=O)cc([N+](=O)[O-])c1OCc1ccc(Br)cc1. The second kappa shape index (κ2) is 12.7. The van der Waals surface area contributed by atoms with Gasteiger partial charge in [0.15, 0.2) is 11.6 Å². The molecule has 0 aliphatic carbocycles. The Kier molecular flexibility index (Phi) is 8.76. The lowest BCUT2D eigenvalue weighted by atomic mass is 10.1. The minimum atomic E-state index is -4.63. The number of alkyl halides is 3. The van der Waals surface area contributed by atoms with Gasteiger partial charge in [-0.2, -0.15) is 22.9 Å². The summed E-state index contributed by atoms with van der Waals surface area (Å²) in [6.45, 7) is 1.90. The van der Waals surface area contributed by atoms with Gasteiger partial charge < -0.3 is 9.47 Å². The Morgan fingerprint density at radius 3 is 2.48 bits per heavy atom. The zero-order chi connectivity index (χ0) is 31.4. The van der Waals surface area contributed by atoms with Crippen LogP contribution in [0.1, 0.15) is 23.6 Å². The molecule has 1 aromatic heterocycles. The maximum absolute atomic E-state index is 13.5. The van der Waals surface area contributed by atoms with Gasteiger partial charge in [0.1, 0.15) is 6.61 Å². The Bertz CT molecular complexity index is 1940. The summed E-state index contributed by atoms with van der Waals surface area (Å²) in [5.74, 6) is -0.168. The second-order valence-corrected chi connectivity index (χ2v) is 10.3. The summed E-state index contributed by atoms with van der Waals surface area (Å²) >= 11 is 3.36. The molecule has 44 heavy (non-hydrogen) atoms. The average Bonchev–Trinajstić information content (AvgIpc) is 3.00. The zero-order valence-electron chi connectivity index (χ0n) is 22.9. The number of nitro groups is 1. The van der Waals surface area contributed by atoms with Crippen LogP contribution in [0.25, 0.3) is 22.3 Å². The molecule has 0 amide bonds. The first-order chi connectivity index (χ1) is 21.0. The largest absolute Gasteiger partial charge is 0.490 e. The summed E-state index contributed by atoms with van der Waals surface area (Å²) in [4.78, 5) is 29.4. The summed E-state index contributed by atoms with van der Waals surface area (Å²) in [7, 11) is 0. The van der Waals surface area contributed by atoms with E-state index in [1.807, 2.05) is 12.1 Å². The summed E-state index contributed by atoms with van der Waals surface area (Å²) in [5.41, 5.74) is -0.782. The fourth-order valence-electron chi connectivity index (χ4n) is 4.34. The molecular formula is C31H22BrF3N4O5. The standard InChI is InChI=1S/C31H22BrF3N4O5/c1-2-43-27-15-20(14-26(39(41)42)28(27)44-18-19-10-12-23(32)13-11-19)17-36-38-29(21-6-5-7-22(16-21)31(33,34)35)37-25-9-4-3-8-24(25)30(38)40/h3-17H,2,18H2,1H3. The molecule has 4 aromatic carbocycles. The van der Waals surface area contributed by atoms with Crippen LogP contribution in [0.2, 0.25) is 0 Å². The van der Waals surface area contributed by atoms with Gasteiger partial charge in [0.25, 0.3) is 5.56 Å². The van der Waals surface area contributed by atoms with Crippen LogP contribution in [0.5, 0.6) is 11.5 Å². The smallest absolute Gasteiger partial charge is 0.416 e. The summed E-state index contributed by atoms with van der Waals surface area (Å²) in [5, 5.41) is 16.5. The normalized spacial score (nSPS) is 11.7. The van der Waals surface area contributed by atoms with Crippen molar-refractivity contribution in [2.24, 2.45) is 5.10 Å². The molecule has 224 valence electrons. The lowest BCUT2D eigenvalue weighted by molar-refractivity contribution is -0.386. The Morgan fingerprint density at radius 1 is 1.02 bits per heavy atom. The fraction of sp³-hybridized carbons (Fsp3) is 0.129. The van der Waals surface area contributed by atoms with Crippen LogP contribution < -0.4 is 15.0 Å².